The molecule has 2 rings (SSSR count). The summed E-state index contributed by atoms with van der Waals surface area (Å²) < 4.78 is 14.4. The Morgan fingerprint density at radius 1 is 1.10 bits per heavy atom. The van der Waals surface area contributed by atoms with E-state index in [0.29, 0.717) is 12.1 Å². The first kappa shape index (κ1) is 15.0. The Balaban J connectivity index is 1.93. The zero-order valence-corrected chi connectivity index (χ0v) is 13.2. The molecule has 0 aromatic heterocycles. The van der Waals surface area contributed by atoms with Crippen LogP contribution in [0.1, 0.15) is 30.9 Å². The van der Waals surface area contributed by atoms with Gasteiger partial charge in [0.05, 0.1) is 0 Å². The van der Waals surface area contributed by atoms with E-state index < -0.39 is 0 Å². The first-order valence-electron chi connectivity index (χ1n) is 6.96. The van der Waals surface area contributed by atoms with E-state index in [1.165, 1.54) is 24.5 Å². The van der Waals surface area contributed by atoms with Crippen LogP contribution in [0, 0.1) is 5.82 Å². The second-order valence-electron chi connectivity index (χ2n) is 4.89. The van der Waals surface area contributed by atoms with Crippen LogP contribution in [-0.4, -0.2) is 0 Å². The number of benzene rings is 2. The molecule has 3 heteroatoms. The highest BCUT2D eigenvalue weighted by molar-refractivity contribution is 9.10. The van der Waals surface area contributed by atoms with E-state index in [1.807, 2.05) is 6.07 Å². The molecule has 2 aromatic rings. The topological polar surface area (TPSA) is 12.0 Å². The van der Waals surface area contributed by atoms with Crippen LogP contribution in [0.15, 0.2) is 46.9 Å². The lowest BCUT2D eigenvalue weighted by Crippen LogP contribution is -2.01. The lowest BCUT2D eigenvalue weighted by molar-refractivity contribution is 0.612. The summed E-state index contributed by atoms with van der Waals surface area (Å²) in [6, 6.07) is 13.5. The van der Waals surface area contributed by atoms with Gasteiger partial charge in [0.15, 0.2) is 0 Å². The minimum absolute atomic E-state index is 0.188. The SMILES string of the molecule is CCCCc1ccc(NCc2ccc(Br)cc2F)cc1. The number of hydrogen-bond donors (Lipinski definition) is 1. The normalized spacial score (nSPS) is 10.6. The van der Waals surface area contributed by atoms with Crippen LogP contribution in [0.2, 0.25) is 0 Å². The lowest BCUT2D eigenvalue weighted by Gasteiger charge is -2.09. The Kier molecular flexibility index (Phi) is 5.60. The molecule has 0 unspecified atom stereocenters. The van der Waals surface area contributed by atoms with Crippen molar-refractivity contribution >= 4 is 21.6 Å². The second-order valence-corrected chi connectivity index (χ2v) is 5.81. The van der Waals surface area contributed by atoms with Gasteiger partial charge < -0.3 is 5.32 Å². The Labute approximate surface area is 128 Å². The van der Waals surface area contributed by atoms with E-state index in [4.69, 9.17) is 0 Å². The Bertz CT molecular complexity index is 551. The molecule has 0 aliphatic rings. The predicted molar refractivity (Wildman–Crippen MR) is 86.5 cm³/mol. The lowest BCUT2D eigenvalue weighted by atomic mass is 10.1. The molecule has 0 saturated carbocycles. The number of anilines is 1. The quantitative estimate of drug-likeness (QED) is 0.730. The highest BCUT2D eigenvalue weighted by Crippen LogP contribution is 2.17. The summed E-state index contributed by atoms with van der Waals surface area (Å²) >= 11 is 3.26. The fraction of sp³-hybridized carbons (Fsp3) is 0.294. The molecule has 0 radical (unpaired) electrons. The molecule has 0 spiro atoms. The maximum Gasteiger partial charge on any atom is 0.129 e. The molecule has 0 aliphatic heterocycles. The molecular weight excluding hydrogens is 317 g/mol. The molecule has 20 heavy (non-hydrogen) atoms. The molecule has 0 saturated heterocycles. The summed E-state index contributed by atoms with van der Waals surface area (Å²) in [5, 5.41) is 3.25. The molecule has 106 valence electrons. The number of rotatable bonds is 6. The third kappa shape index (κ3) is 4.34. The van der Waals surface area contributed by atoms with Gasteiger partial charge in [0.2, 0.25) is 0 Å². The second kappa shape index (κ2) is 7.44. The number of aryl methyl sites for hydroxylation is 1. The molecular formula is C17H19BrFN. The van der Waals surface area contributed by atoms with E-state index in [2.05, 4.69) is 52.4 Å². The predicted octanol–water partition coefficient (Wildman–Crippen LogP) is 5.54. The van der Waals surface area contributed by atoms with Crippen LogP contribution in [0.5, 0.6) is 0 Å². The van der Waals surface area contributed by atoms with Crippen LogP contribution >= 0.6 is 15.9 Å². The van der Waals surface area contributed by atoms with E-state index in [0.717, 1.165) is 16.6 Å². The maximum absolute atomic E-state index is 13.7. The van der Waals surface area contributed by atoms with E-state index in [9.17, 15) is 4.39 Å². The Hall–Kier alpha value is -1.35. The van der Waals surface area contributed by atoms with E-state index in [1.54, 1.807) is 6.07 Å². The highest BCUT2D eigenvalue weighted by atomic mass is 79.9. The van der Waals surface area contributed by atoms with Gasteiger partial charge >= 0.3 is 0 Å². The minimum atomic E-state index is -0.188. The van der Waals surface area contributed by atoms with Crippen LogP contribution in [0.3, 0.4) is 0 Å². The van der Waals surface area contributed by atoms with Crippen molar-refractivity contribution < 1.29 is 4.39 Å². The largest absolute Gasteiger partial charge is 0.381 e. The monoisotopic (exact) mass is 335 g/mol. The van der Waals surface area contributed by atoms with Gasteiger partial charge in [-0.3, -0.25) is 0 Å². The fourth-order valence-corrected chi connectivity index (χ4v) is 2.37. The fourth-order valence-electron chi connectivity index (χ4n) is 2.03. The maximum atomic E-state index is 13.7. The summed E-state index contributed by atoms with van der Waals surface area (Å²) in [6.45, 7) is 2.69. The standard InChI is InChI=1S/C17H19BrFN/c1-2-3-4-13-5-9-16(10-6-13)20-12-14-7-8-15(18)11-17(14)19/h5-11,20H,2-4,12H2,1H3. The zero-order valence-electron chi connectivity index (χ0n) is 11.6. The van der Waals surface area contributed by atoms with Crippen molar-refractivity contribution in [3.05, 3.63) is 63.9 Å². The van der Waals surface area contributed by atoms with Crippen LogP contribution in [0.25, 0.3) is 0 Å². The smallest absolute Gasteiger partial charge is 0.129 e. The number of halogens is 2. The van der Waals surface area contributed by atoms with Gasteiger partial charge in [-0.15, -0.1) is 0 Å². The van der Waals surface area contributed by atoms with E-state index in [-0.39, 0.29) is 5.82 Å². The number of nitrogens with one attached hydrogen (secondary N) is 1. The van der Waals surface area contributed by atoms with Crippen molar-refractivity contribution in [2.75, 3.05) is 5.32 Å². The summed E-state index contributed by atoms with van der Waals surface area (Å²) in [5.74, 6) is -0.188. The first-order chi connectivity index (χ1) is 9.69. The Morgan fingerprint density at radius 3 is 2.50 bits per heavy atom. The number of unbranched alkanes of at least 4 members (excludes halogenated alkanes) is 1. The van der Waals surface area contributed by atoms with Crippen LogP contribution in [-0.2, 0) is 13.0 Å². The van der Waals surface area contributed by atoms with Gasteiger partial charge in [-0.25, -0.2) is 4.39 Å². The van der Waals surface area contributed by atoms with Crippen molar-refractivity contribution in [3.8, 4) is 0 Å². The third-order valence-electron chi connectivity index (χ3n) is 3.27. The molecule has 0 fully saturated rings. The molecule has 0 amide bonds. The van der Waals surface area contributed by atoms with Gasteiger partial charge in [0.25, 0.3) is 0 Å². The molecule has 1 nitrogen and oxygen atoms in total. The van der Waals surface area contributed by atoms with Crippen molar-refractivity contribution in [1.29, 1.82) is 0 Å². The van der Waals surface area contributed by atoms with Crippen molar-refractivity contribution in [2.24, 2.45) is 0 Å². The molecule has 0 heterocycles. The van der Waals surface area contributed by atoms with Crippen molar-refractivity contribution in [3.63, 3.8) is 0 Å². The van der Waals surface area contributed by atoms with Gasteiger partial charge in [0, 0.05) is 22.3 Å². The summed E-state index contributed by atoms with van der Waals surface area (Å²) in [7, 11) is 0. The molecule has 0 aliphatic carbocycles. The minimum Gasteiger partial charge on any atom is -0.381 e. The number of hydrogen-bond acceptors (Lipinski definition) is 1. The zero-order chi connectivity index (χ0) is 14.4. The average Bonchev–Trinajstić information content (AvgIpc) is 2.45. The van der Waals surface area contributed by atoms with Crippen molar-refractivity contribution in [2.45, 2.75) is 32.7 Å². The van der Waals surface area contributed by atoms with Crippen LogP contribution in [0.4, 0.5) is 10.1 Å². The molecule has 0 bridgehead atoms. The first-order valence-corrected chi connectivity index (χ1v) is 7.75. The van der Waals surface area contributed by atoms with Crippen molar-refractivity contribution in [1.82, 2.24) is 0 Å². The molecule has 2 aromatic carbocycles. The highest BCUT2D eigenvalue weighted by Gasteiger charge is 2.02. The third-order valence-corrected chi connectivity index (χ3v) is 3.76. The van der Waals surface area contributed by atoms with Gasteiger partial charge in [0.1, 0.15) is 5.82 Å². The van der Waals surface area contributed by atoms with E-state index >= 15 is 0 Å². The van der Waals surface area contributed by atoms with Gasteiger partial charge in [-0.1, -0.05) is 47.5 Å². The van der Waals surface area contributed by atoms with Gasteiger partial charge in [-0.05, 0) is 42.7 Å². The molecule has 0 atom stereocenters. The Morgan fingerprint density at radius 2 is 1.85 bits per heavy atom. The van der Waals surface area contributed by atoms with Crippen LogP contribution < -0.4 is 5.32 Å². The molecule has 1 N–H and O–H groups in total. The van der Waals surface area contributed by atoms with Gasteiger partial charge in [-0.2, -0.15) is 0 Å². The average molecular weight is 336 g/mol. The summed E-state index contributed by atoms with van der Waals surface area (Å²) in [4.78, 5) is 0. The summed E-state index contributed by atoms with van der Waals surface area (Å²) in [6.07, 6.45) is 3.55. The summed E-state index contributed by atoms with van der Waals surface area (Å²) in [5.41, 5.74) is 3.04.